The summed E-state index contributed by atoms with van der Waals surface area (Å²) >= 11 is 0. The number of benzene rings is 1. The van der Waals surface area contributed by atoms with Crippen LogP contribution in [0.25, 0.3) is 0 Å². The van der Waals surface area contributed by atoms with E-state index in [9.17, 15) is 0 Å². The topological polar surface area (TPSA) is 33.7 Å². The molecule has 4 rings (SSSR count). The van der Waals surface area contributed by atoms with Gasteiger partial charge in [0.05, 0.1) is 0 Å². The maximum absolute atomic E-state index is 5.41. The summed E-state index contributed by atoms with van der Waals surface area (Å²) in [4.78, 5) is 2.43. The molecule has 1 N–H and O–H groups in total. The third-order valence-corrected chi connectivity index (χ3v) is 4.11. The lowest BCUT2D eigenvalue weighted by molar-refractivity contribution is 0.174. The summed E-state index contributed by atoms with van der Waals surface area (Å²) in [6, 6.07) is 6.23. The first-order valence-corrected chi connectivity index (χ1v) is 6.20. The SMILES string of the molecule is c1cc2c(cc1N1CC3(CCNC3)C1)OCO2. The highest BCUT2D eigenvalue weighted by Crippen LogP contribution is 2.42. The van der Waals surface area contributed by atoms with Crippen LogP contribution in [0.15, 0.2) is 18.2 Å². The van der Waals surface area contributed by atoms with Gasteiger partial charge in [-0.05, 0) is 25.1 Å². The number of rotatable bonds is 1. The first-order valence-electron chi connectivity index (χ1n) is 6.20. The number of hydrogen-bond acceptors (Lipinski definition) is 4. The van der Waals surface area contributed by atoms with Crippen LogP contribution in [0.1, 0.15) is 6.42 Å². The van der Waals surface area contributed by atoms with Crippen molar-refractivity contribution < 1.29 is 9.47 Å². The van der Waals surface area contributed by atoms with Crippen molar-refractivity contribution in [2.24, 2.45) is 5.41 Å². The highest BCUT2D eigenvalue weighted by atomic mass is 16.7. The van der Waals surface area contributed by atoms with Gasteiger partial charge >= 0.3 is 0 Å². The van der Waals surface area contributed by atoms with Gasteiger partial charge in [0.25, 0.3) is 0 Å². The Kier molecular flexibility index (Phi) is 1.86. The largest absolute Gasteiger partial charge is 0.454 e. The van der Waals surface area contributed by atoms with Gasteiger partial charge in [-0.1, -0.05) is 0 Å². The van der Waals surface area contributed by atoms with E-state index < -0.39 is 0 Å². The van der Waals surface area contributed by atoms with Gasteiger partial charge in [-0.3, -0.25) is 0 Å². The zero-order valence-corrected chi connectivity index (χ0v) is 9.74. The van der Waals surface area contributed by atoms with Crippen LogP contribution in [0.2, 0.25) is 0 Å². The third kappa shape index (κ3) is 1.40. The minimum absolute atomic E-state index is 0.354. The van der Waals surface area contributed by atoms with Crippen LogP contribution < -0.4 is 19.7 Å². The van der Waals surface area contributed by atoms with Gasteiger partial charge in [0, 0.05) is 36.8 Å². The van der Waals surface area contributed by atoms with Crippen molar-refractivity contribution in [2.45, 2.75) is 6.42 Å². The molecule has 1 aromatic rings. The molecule has 3 aliphatic rings. The molecule has 0 saturated carbocycles. The molecule has 0 atom stereocenters. The van der Waals surface area contributed by atoms with Gasteiger partial charge in [-0.15, -0.1) is 0 Å². The van der Waals surface area contributed by atoms with Crippen molar-refractivity contribution >= 4 is 5.69 Å². The highest BCUT2D eigenvalue weighted by molar-refractivity contribution is 5.59. The molecule has 3 aliphatic heterocycles. The zero-order valence-electron chi connectivity index (χ0n) is 9.74. The van der Waals surface area contributed by atoms with E-state index in [0.717, 1.165) is 11.5 Å². The number of ether oxygens (including phenoxy) is 2. The fraction of sp³-hybridized carbons (Fsp3) is 0.538. The first-order chi connectivity index (χ1) is 8.35. The molecule has 3 heterocycles. The molecule has 0 aromatic heterocycles. The summed E-state index contributed by atoms with van der Waals surface area (Å²) in [7, 11) is 0. The molecule has 2 fully saturated rings. The van der Waals surface area contributed by atoms with Crippen molar-refractivity contribution in [2.75, 3.05) is 37.9 Å². The molecule has 0 aliphatic carbocycles. The molecule has 90 valence electrons. The first kappa shape index (κ1) is 9.59. The van der Waals surface area contributed by atoms with E-state index in [-0.39, 0.29) is 0 Å². The highest BCUT2D eigenvalue weighted by Gasteiger charge is 2.45. The van der Waals surface area contributed by atoms with Gasteiger partial charge in [0.15, 0.2) is 11.5 Å². The van der Waals surface area contributed by atoms with Crippen LogP contribution >= 0.6 is 0 Å². The number of nitrogens with zero attached hydrogens (tertiary/aromatic N) is 1. The molecule has 17 heavy (non-hydrogen) atoms. The molecule has 0 unspecified atom stereocenters. The predicted molar refractivity (Wildman–Crippen MR) is 64.7 cm³/mol. The summed E-state index contributed by atoms with van der Waals surface area (Å²) in [6.07, 6.45) is 1.31. The monoisotopic (exact) mass is 232 g/mol. The fourth-order valence-corrected chi connectivity index (χ4v) is 3.09. The van der Waals surface area contributed by atoms with Crippen LogP contribution in [0, 0.1) is 5.41 Å². The number of nitrogens with one attached hydrogen (secondary N) is 1. The Morgan fingerprint density at radius 1 is 1.18 bits per heavy atom. The quantitative estimate of drug-likeness (QED) is 0.789. The fourth-order valence-electron chi connectivity index (χ4n) is 3.09. The zero-order chi connectivity index (χ0) is 11.3. The standard InChI is InChI=1S/C13H16N2O2/c1-2-11-12(17-9-16-11)5-10(1)15-7-13(8-15)3-4-14-6-13/h1-2,5,14H,3-4,6-9H2. The van der Waals surface area contributed by atoms with Gasteiger partial charge in [0.1, 0.15) is 0 Å². The summed E-state index contributed by atoms with van der Waals surface area (Å²) in [5.41, 5.74) is 1.79. The second-order valence-electron chi connectivity index (χ2n) is 5.32. The smallest absolute Gasteiger partial charge is 0.231 e. The Morgan fingerprint density at radius 3 is 2.88 bits per heavy atom. The minimum Gasteiger partial charge on any atom is -0.454 e. The van der Waals surface area contributed by atoms with Gasteiger partial charge in [-0.2, -0.15) is 0 Å². The Labute approximate surface area is 101 Å². The Bertz CT molecular complexity index is 447. The van der Waals surface area contributed by atoms with Gasteiger partial charge < -0.3 is 19.7 Å². The Morgan fingerprint density at radius 2 is 2.06 bits per heavy atom. The summed E-state index contributed by atoms with van der Waals surface area (Å²) < 4.78 is 10.7. The second-order valence-corrected chi connectivity index (χ2v) is 5.32. The maximum Gasteiger partial charge on any atom is 0.231 e. The molecule has 0 amide bonds. The lowest BCUT2D eigenvalue weighted by Crippen LogP contribution is -2.57. The van der Waals surface area contributed by atoms with Crippen molar-refractivity contribution in [1.29, 1.82) is 0 Å². The van der Waals surface area contributed by atoms with E-state index in [1.165, 1.54) is 38.3 Å². The third-order valence-electron chi connectivity index (χ3n) is 4.11. The van der Waals surface area contributed by atoms with Crippen molar-refractivity contribution in [3.05, 3.63) is 18.2 Å². The molecule has 4 nitrogen and oxygen atoms in total. The van der Waals surface area contributed by atoms with Crippen molar-refractivity contribution in [3.63, 3.8) is 0 Å². The Balaban J connectivity index is 1.53. The summed E-state index contributed by atoms with van der Waals surface area (Å²) in [5.74, 6) is 1.75. The average molecular weight is 232 g/mol. The summed E-state index contributed by atoms with van der Waals surface area (Å²) in [5, 5.41) is 3.46. The van der Waals surface area contributed by atoms with Crippen LogP contribution in [0.5, 0.6) is 11.5 Å². The molecule has 2 saturated heterocycles. The van der Waals surface area contributed by atoms with Gasteiger partial charge in [0.2, 0.25) is 6.79 Å². The number of fused-ring (bicyclic) bond motifs is 1. The molecular weight excluding hydrogens is 216 g/mol. The van der Waals surface area contributed by atoms with Crippen LogP contribution in [-0.2, 0) is 0 Å². The van der Waals surface area contributed by atoms with Crippen LogP contribution in [0.4, 0.5) is 5.69 Å². The minimum atomic E-state index is 0.354. The maximum atomic E-state index is 5.41. The van der Waals surface area contributed by atoms with Crippen molar-refractivity contribution in [1.82, 2.24) is 5.32 Å². The molecule has 1 spiro atoms. The van der Waals surface area contributed by atoms with Crippen LogP contribution in [-0.4, -0.2) is 33.0 Å². The molecular formula is C13H16N2O2. The average Bonchev–Trinajstić information content (AvgIpc) is 2.95. The lowest BCUT2D eigenvalue weighted by Gasteiger charge is -2.49. The van der Waals surface area contributed by atoms with E-state index >= 15 is 0 Å². The van der Waals surface area contributed by atoms with E-state index in [1.807, 2.05) is 6.07 Å². The number of anilines is 1. The van der Waals surface area contributed by atoms with E-state index in [0.29, 0.717) is 12.2 Å². The summed E-state index contributed by atoms with van der Waals surface area (Å²) in [6.45, 7) is 5.04. The van der Waals surface area contributed by atoms with Crippen molar-refractivity contribution in [3.8, 4) is 11.5 Å². The van der Waals surface area contributed by atoms with E-state index in [1.54, 1.807) is 0 Å². The molecule has 0 radical (unpaired) electrons. The molecule has 0 bridgehead atoms. The second kappa shape index (κ2) is 3.29. The normalized spacial score (nSPS) is 24.1. The lowest BCUT2D eigenvalue weighted by atomic mass is 9.79. The Hall–Kier alpha value is -1.42. The van der Waals surface area contributed by atoms with E-state index in [2.05, 4.69) is 22.3 Å². The van der Waals surface area contributed by atoms with Crippen LogP contribution in [0.3, 0.4) is 0 Å². The van der Waals surface area contributed by atoms with E-state index in [4.69, 9.17) is 9.47 Å². The number of hydrogen-bond donors (Lipinski definition) is 1. The van der Waals surface area contributed by atoms with Gasteiger partial charge in [-0.25, -0.2) is 0 Å². The molecule has 4 heteroatoms. The predicted octanol–water partition coefficient (Wildman–Crippen LogP) is 1.22. The molecule has 1 aromatic carbocycles.